The van der Waals surface area contributed by atoms with Crippen molar-refractivity contribution in [3.8, 4) is 5.75 Å². The van der Waals surface area contributed by atoms with Crippen LogP contribution in [-0.2, 0) is 38.7 Å². The largest absolute Gasteiger partial charge is 0.494 e. The Morgan fingerprint density at radius 3 is 2.67 bits per heavy atom. The van der Waals surface area contributed by atoms with E-state index in [9.17, 15) is 14.0 Å². The van der Waals surface area contributed by atoms with Gasteiger partial charge in [-0.3, -0.25) is 14.6 Å². The topological polar surface area (TPSA) is 102 Å². The molecule has 1 unspecified atom stereocenters. The highest BCUT2D eigenvalue weighted by atomic mass is 19.1. The highest BCUT2D eigenvalue weighted by Crippen LogP contribution is 2.30. The summed E-state index contributed by atoms with van der Waals surface area (Å²) in [5, 5.41) is 7.87. The number of carbonyl (C=O) groups is 2. The number of likely N-dealkylation sites (tertiary alicyclic amines) is 1. The molecule has 10 heteroatoms. The first-order chi connectivity index (χ1) is 18.8. The average Bonchev–Trinajstić information content (AvgIpc) is 3.43. The summed E-state index contributed by atoms with van der Waals surface area (Å²) in [6, 6.07) is 6.96. The van der Waals surface area contributed by atoms with E-state index in [2.05, 4.69) is 23.5 Å². The van der Waals surface area contributed by atoms with Crippen molar-refractivity contribution in [2.75, 3.05) is 26.8 Å². The van der Waals surface area contributed by atoms with Crippen molar-refractivity contribution in [3.05, 3.63) is 58.2 Å². The van der Waals surface area contributed by atoms with Gasteiger partial charge in [0.05, 0.1) is 12.8 Å². The molecule has 0 bridgehead atoms. The van der Waals surface area contributed by atoms with Crippen LogP contribution in [0.25, 0.3) is 0 Å². The minimum Gasteiger partial charge on any atom is -0.494 e. The molecule has 1 atom stereocenters. The standard InChI is InChI=1S/C29H37FN4O5/c1-5-23-18(2)32-25(13-22(23)16-31-15-20-6-7-24(30)28(12-20)37-4)26-14-27(39-33-26)21-8-10-34(11-9-21)29(36)17-38-19(3)35/h6-7,12-13,21,27,31H,5,8-11,14-17H2,1-4H3. The Morgan fingerprint density at radius 1 is 1.21 bits per heavy atom. The lowest BCUT2D eigenvalue weighted by Crippen LogP contribution is -2.43. The van der Waals surface area contributed by atoms with Crippen LogP contribution >= 0.6 is 0 Å². The van der Waals surface area contributed by atoms with Gasteiger partial charge in [0.1, 0.15) is 11.8 Å². The third kappa shape index (κ3) is 7.11. The summed E-state index contributed by atoms with van der Waals surface area (Å²) < 4.78 is 23.7. The molecule has 0 spiro atoms. The van der Waals surface area contributed by atoms with Gasteiger partial charge in [-0.05, 0) is 61.1 Å². The zero-order valence-corrected chi connectivity index (χ0v) is 23.1. The van der Waals surface area contributed by atoms with E-state index in [-0.39, 0.29) is 36.1 Å². The number of benzene rings is 1. The highest BCUT2D eigenvalue weighted by molar-refractivity contribution is 5.99. The summed E-state index contributed by atoms with van der Waals surface area (Å²) in [6.45, 7) is 7.66. The van der Waals surface area contributed by atoms with Crippen LogP contribution in [0.3, 0.4) is 0 Å². The molecule has 39 heavy (non-hydrogen) atoms. The third-order valence-corrected chi connectivity index (χ3v) is 7.44. The summed E-state index contributed by atoms with van der Waals surface area (Å²) in [7, 11) is 1.46. The van der Waals surface area contributed by atoms with Crippen molar-refractivity contribution in [2.24, 2.45) is 11.1 Å². The maximum Gasteiger partial charge on any atom is 0.303 e. The van der Waals surface area contributed by atoms with Gasteiger partial charge in [0.2, 0.25) is 0 Å². The molecule has 1 fully saturated rings. The van der Waals surface area contributed by atoms with Crippen LogP contribution in [0.15, 0.2) is 29.4 Å². The molecule has 4 rings (SSSR count). The van der Waals surface area contributed by atoms with E-state index in [0.717, 1.165) is 47.5 Å². The normalized spacial score (nSPS) is 17.5. The summed E-state index contributed by atoms with van der Waals surface area (Å²) in [5.74, 6) is -0.471. The van der Waals surface area contributed by atoms with Gasteiger partial charge in [0.25, 0.3) is 5.91 Å². The van der Waals surface area contributed by atoms with Crippen molar-refractivity contribution < 1.29 is 28.3 Å². The Balaban J connectivity index is 1.35. The first-order valence-corrected chi connectivity index (χ1v) is 13.5. The molecule has 1 aromatic carbocycles. The number of carbonyl (C=O) groups excluding carboxylic acids is 2. The number of methoxy groups -OCH3 is 1. The van der Waals surface area contributed by atoms with E-state index < -0.39 is 5.97 Å². The zero-order chi connectivity index (χ0) is 27.9. The number of nitrogens with one attached hydrogen (secondary N) is 1. The van der Waals surface area contributed by atoms with Gasteiger partial charge in [-0.25, -0.2) is 4.39 Å². The van der Waals surface area contributed by atoms with Crippen LogP contribution in [0.2, 0.25) is 0 Å². The molecule has 0 saturated carbocycles. The molecule has 0 aliphatic carbocycles. The number of rotatable bonds is 10. The number of ether oxygens (including phenoxy) is 2. The number of halogens is 1. The predicted octanol–water partition coefficient (Wildman–Crippen LogP) is 3.68. The summed E-state index contributed by atoms with van der Waals surface area (Å²) in [5.41, 5.74) is 5.92. The second kappa shape index (κ2) is 13.0. The van der Waals surface area contributed by atoms with Crippen LogP contribution < -0.4 is 10.1 Å². The molecule has 1 aromatic heterocycles. The Bertz CT molecular complexity index is 1230. The number of piperidine rings is 1. The summed E-state index contributed by atoms with van der Waals surface area (Å²) >= 11 is 0. The van der Waals surface area contributed by atoms with Crippen molar-refractivity contribution in [2.45, 2.75) is 65.6 Å². The number of pyridine rings is 1. The molecule has 2 aliphatic heterocycles. The van der Waals surface area contributed by atoms with Crippen LogP contribution in [0, 0.1) is 18.7 Å². The lowest BCUT2D eigenvalue weighted by molar-refractivity contribution is -0.151. The lowest BCUT2D eigenvalue weighted by atomic mass is 9.88. The van der Waals surface area contributed by atoms with Gasteiger partial charge in [0, 0.05) is 51.1 Å². The lowest BCUT2D eigenvalue weighted by Gasteiger charge is -2.33. The Hall–Kier alpha value is -3.53. The smallest absolute Gasteiger partial charge is 0.303 e. The maximum absolute atomic E-state index is 13.7. The number of oxime groups is 1. The quantitative estimate of drug-likeness (QED) is 0.459. The number of nitrogens with zero attached hydrogens (tertiary/aromatic N) is 3. The molecule has 1 N–H and O–H groups in total. The molecule has 2 aromatic rings. The monoisotopic (exact) mass is 540 g/mol. The molecule has 1 amide bonds. The van der Waals surface area contributed by atoms with Gasteiger partial charge < -0.3 is 24.5 Å². The zero-order valence-electron chi connectivity index (χ0n) is 23.1. The molecular formula is C29H37FN4O5. The molecule has 9 nitrogen and oxygen atoms in total. The molecule has 3 heterocycles. The van der Waals surface area contributed by atoms with Crippen molar-refractivity contribution in [1.29, 1.82) is 0 Å². The maximum atomic E-state index is 13.7. The first kappa shape index (κ1) is 28.5. The molecular weight excluding hydrogens is 503 g/mol. The third-order valence-electron chi connectivity index (χ3n) is 7.44. The van der Waals surface area contributed by atoms with E-state index in [1.54, 1.807) is 17.0 Å². The van der Waals surface area contributed by atoms with Crippen molar-refractivity contribution in [1.82, 2.24) is 15.2 Å². The fourth-order valence-electron chi connectivity index (χ4n) is 5.28. The van der Waals surface area contributed by atoms with Crippen LogP contribution in [0.4, 0.5) is 4.39 Å². The first-order valence-electron chi connectivity index (χ1n) is 13.5. The number of aromatic nitrogens is 1. The second-order valence-electron chi connectivity index (χ2n) is 10.0. The average molecular weight is 541 g/mol. The van der Waals surface area contributed by atoms with E-state index in [1.807, 2.05) is 6.92 Å². The van der Waals surface area contributed by atoms with Crippen LogP contribution in [0.5, 0.6) is 5.75 Å². The summed E-state index contributed by atoms with van der Waals surface area (Å²) in [4.78, 5) is 35.7. The van der Waals surface area contributed by atoms with Gasteiger partial charge in [-0.1, -0.05) is 18.1 Å². The molecule has 210 valence electrons. The van der Waals surface area contributed by atoms with Gasteiger partial charge in [-0.2, -0.15) is 0 Å². The van der Waals surface area contributed by atoms with Crippen LogP contribution in [0.1, 0.15) is 61.2 Å². The summed E-state index contributed by atoms with van der Waals surface area (Å²) in [6.07, 6.45) is 3.11. The molecule has 2 aliphatic rings. The predicted molar refractivity (Wildman–Crippen MR) is 144 cm³/mol. The highest BCUT2D eigenvalue weighted by Gasteiger charge is 2.34. The van der Waals surface area contributed by atoms with E-state index in [1.165, 1.54) is 25.7 Å². The van der Waals surface area contributed by atoms with Crippen molar-refractivity contribution in [3.63, 3.8) is 0 Å². The number of aryl methyl sites for hydroxylation is 1. The Kier molecular flexibility index (Phi) is 9.50. The van der Waals surface area contributed by atoms with Crippen LogP contribution in [-0.4, -0.2) is 60.4 Å². The number of hydrogen-bond donors (Lipinski definition) is 1. The Morgan fingerprint density at radius 2 is 1.97 bits per heavy atom. The van der Waals surface area contributed by atoms with E-state index >= 15 is 0 Å². The minimum absolute atomic E-state index is 0.0475. The van der Waals surface area contributed by atoms with Gasteiger partial charge >= 0.3 is 5.97 Å². The van der Waals surface area contributed by atoms with Gasteiger partial charge in [0.15, 0.2) is 18.2 Å². The number of hydrogen-bond acceptors (Lipinski definition) is 8. The minimum atomic E-state index is -0.453. The van der Waals surface area contributed by atoms with Gasteiger partial charge in [-0.15, -0.1) is 0 Å². The van der Waals surface area contributed by atoms with E-state index in [4.69, 9.17) is 19.3 Å². The van der Waals surface area contributed by atoms with E-state index in [0.29, 0.717) is 32.6 Å². The fraction of sp³-hybridized carbons (Fsp3) is 0.517. The Labute approximate surface area is 228 Å². The fourth-order valence-corrected chi connectivity index (χ4v) is 5.28. The number of esters is 1. The molecule has 1 saturated heterocycles. The number of amides is 1. The SMILES string of the molecule is CCc1c(CNCc2ccc(F)c(OC)c2)cc(C2=NOC(C3CCN(C(=O)COC(C)=O)CC3)C2)nc1C. The second-order valence-corrected chi connectivity index (χ2v) is 10.0. The van der Waals surface area contributed by atoms with Crippen molar-refractivity contribution >= 4 is 17.6 Å². The molecule has 0 radical (unpaired) electrons.